The molecule has 0 aromatic heterocycles. The highest BCUT2D eigenvalue weighted by Gasteiger charge is 2.28. The highest BCUT2D eigenvalue weighted by atomic mass is 15.2. The summed E-state index contributed by atoms with van der Waals surface area (Å²) < 4.78 is 0. The average molecular weight is 224 g/mol. The van der Waals surface area contributed by atoms with Crippen molar-refractivity contribution in [2.75, 3.05) is 19.6 Å². The van der Waals surface area contributed by atoms with Crippen LogP contribution in [0.15, 0.2) is 0 Å². The number of rotatable bonds is 3. The van der Waals surface area contributed by atoms with E-state index < -0.39 is 0 Å². The summed E-state index contributed by atoms with van der Waals surface area (Å²) in [4.78, 5) is 2.74. The molecule has 16 heavy (non-hydrogen) atoms. The summed E-state index contributed by atoms with van der Waals surface area (Å²) in [7, 11) is 0. The summed E-state index contributed by atoms with van der Waals surface area (Å²) in [5.41, 5.74) is 0. The molecule has 0 spiro atoms. The molecule has 2 atom stereocenters. The lowest BCUT2D eigenvalue weighted by atomic mass is 9.83. The van der Waals surface area contributed by atoms with Crippen molar-refractivity contribution in [1.82, 2.24) is 10.2 Å². The zero-order chi connectivity index (χ0) is 11.4. The molecule has 1 N–H and O–H groups in total. The van der Waals surface area contributed by atoms with E-state index in [-0.39, 0.29) is 0 Å². The van der Waals surface area contributed by atoms with Crippen molar-refractivity contribution in [3.8, 4) is 0 Å². The number of piperazine rings is 1. The van der Waals surface area contributed by atoms with E-state index >= 15 is 0 Å². The van der Waals surface area contributed by atoms with Crippen LogP contribution < -0.4 is 5.32 Å². The fourth-order valence-corrected chi connectivity index (χ4v) is 3.41. The van der Waals surface area contributed by atoms with Crippen molar-refractivity contribution in [3.63, 3.8) is 0 Å². The Morgan fingerprint density at radius 2 is 2.00 bits per heavy atom. The minimum absolute atomic E-state index is 0.736. The van der Waals surface area contributed by atoms with E-state index in [2.05, 4.69) is 24.1 Å². The number of hydrogen-bond acceptors (Lipinski definition) is 2. The average Bonchev–Trinajstić information content (AvgIpc) is 2.39. The highest BCUT2D eigenvalue weighted by molar-refractivity contribution is 4.85. The first-order valence-corrected chi connectivity index (χ1v) is 7.28. The van der Waals surface area contributed by atoms with Crippen LogP contribution in [0.5, 0.6) is 0 Å². The van der Waals surface area contributed by atoms with E-state index in [1.807, 2.05) is 0 Å². The van der Waals surface area contributed by atoms with Gasteiger partial charge in [-0.05, 0) is 32.1 Å². The second-order valence-corrected chi connectivity index (χ2v) is 5.69. The maximum Gasteiger partial charge on any atom is 0.0193 e. The van der Waals surface area contributed by atoms with Gasteiger partial charge in [0, 0.05) is 31.7 Å². The first-order chi connectivity index (χ1) is 7.81. The Bertz CT molecular complexity index is 199. The van der Waals surface area contributed by atoms with Gasteiger partial charge < -0.3 is 5.32 Å². The van der Waals surface area contributed by atoms with Gasteiger partial charge in [-0.15, -0.1) is 0 Å². The molecule has 0 aromatic rings. The second kappa shape index (κ2) is 6.02. The highest BCUT2D eigenvalue weighted by Crippen LogP contribution is 2.29. The largest absolute Gasteiger partial charge is 0.311 e. The summed E-state index contributed by atoms with van der Waals surface area (Å²) in [6.45, 7) is 8.48. The van der Waals surface area contributed by atoms with Gasteiger partial charge in [-0.25, -0.2) is 0 Å². The lowest BCUT2D eigenvalue weighted by Crippen LogP contribution is -2.54. The van der Waals surface area contributed by atoms with Crippen molar-refractivity contribution < 1.29 is 0 Å². The van der Waals surface area contributed by atoms with Gasteiger partial charge in [-0.1, -0.05) is 26.2 Å². The van der Waals surface area contributed by atoms with E-state index in [1.54, 1.807) is 0 Å². The minimum atomic E-state index is 0.736. The Hall–Kier alpha value is -0.0800. The second-order valence-electron chi connectivity index (χ2n) is 5.69. The van der Waals surface area contributed by atoms with Gasteiger partial charge in [0.15, 0.2) is 0 Å². The molecule has 1 saturated carbocycles. The standard InChI is InChI=1S/C14H28N2/c1-3-14-11-16(10-9-15-14)12(2)13-7-5-4-6-8-13/h12-15H,3-11H2,1-2H3. The summed E-state index contributed by atoms with van der Waals surface area (Å²) in [6, 6.07) is 1.55. The predicted molar refractivity (Wildman–Crippen MR) is 69.7 cm³/mol. The Balaban J connectivity index is 1.84. The summed E-state index contributed by atoms with van der Waals surface area (Å²) >= 11 is 0. The molecule has 1 aliphatic heterocycles. The molecule has 2 rings (SSSR count). The molecular weight excluding hydrogens is 196 g/mol. The smallest absolute Gasteiger partial charge is 0.0193 e. The number of hydrogen-bond donors (Lipinski definition) is 1. The van der Waals surface area contributed by atoms with Gasteiger partial charge in [-0.3, -0.25) is 4.90 Å². The van der Waals surface area contributed by atoms with Crippen LogP contribution in [0.3, 0.4) is 0 Å². The zero-order valence-corrected chi connectivity index (χ0v) is 11.0. The molecular formula is C14H28N2. The molecule has 0 radical (unpaired) electrons. The van der Waals surface area contributed by atoms with Crippen LogP contribution in [0, 0.1) is 5.92 Å². The minimum Gasteiger partial charge on any atom is -0.311 e. The SMILES string of the molecule is CCC1CN(C(C)C2CCCCC2)CCN1. The lowest BCUT2D eigenvalue weighted by Gasteiger charge is -2.41. The number of nitrogens with one attached hydrogen (secondary N) is 1. The van der Waals surface area contributed by atoms with Crippen molar-refractivity contribution in [3.05, 3.63) is 0 Å². The maximum absolute atomic E-state index is 3.61. The quantitative estimate of drug-likeness (QED) is 0.793. The van der Waals surface area contributed by atoms with Crippen molar-refractivity contribution in [1.29, 1.82) is 0 Å². The molecule has 2 heteroatoms. The molecule has 0 amide bonds. The van der Waals surface area contributed by atoms with Gasteiger partial charge in [0.05, 0.1) is 0 Å². The van der Waals surface area contributed by atoms with Gasteiger partial charge in [0.1, 0.15) is 0 Å². The molecule has 2 nitrogen and oxygen atoms in total. The predicted octanol–water partition coefficient (Wildman–Crippen LogP) is 2.64. The molecule has 2 aliphatic rings. The Kier molecular flexibility index (Phi) is 4.66. The number of nitrogens with zero attached hydrogens (tertiary/aromatic N) is 1. The third kappa shape index (κ3) is 2.98. The molecule has 1 heterocycles. The van der Waals surface area contributed by atoms with Gasteiger partial charge >= 0.3 is 0 Å². The van der Waals surface area contributed by atoms with E-state index in [1.165, 1.54) is 58.2 Å². The van der Waals surface area contributed by atoms with Crippen molar-refractivity contribution >= 4 is 0 Å². The Morgan fingerprint density at radius 3 is 2.69 bits per heavy atom. The molecule has 0 bridgehead atoms. The summed E-state index contributed by atoms with van der Waals surface area (Å²) in [5, 5.41) is 3.61. The first-order valence-electron chi connectivity index (χ1n) is 7.28. The van der Waals surface area contributed by atoms with E-state index in [9.17, 15) is 0 Å². The molecule has 94 valence electrons. The fraction of sp³-hybridized carbons (Fsp3) is 1.00. The van der Waals surface area contributed by atoms with Crippen LogP contribution in [0.1, 0.15) is 52.4 Å². The van der Waals surface area contributed by atoms with Crippen LogP contribution in [0.25, 0.3) is 0 Å². The molecule has 1 saturated heterocycles. The topological polar surface area (TPSA) is 15.3 Å². The van der Waals surface area contributed by atoms with Gasteiger partial charge in [-0.2, -0.15) is 0 Å². The first kappa shape index (κ1) is 12.4. The Morgan fingerprint density at radius 1 is 1.25 bits per heavy atom. The fourth-order valence-electron chi connectivity index (χ4n) is 3.41. The zero-order valence-electron chi connectivity index (χ0n) is 11.0. The van der Waals surface area contributed by atoms with Gasteiger partial charge in [0.25, 0.3) is 0 Å². The summed E-state index contributed by atoms with van der Waals surface area (Å²) in [6.07, 6.45) is 8.64. The van der Waals surface area contributed by atoms with E-state index in [0.29, 0.717) is 0 Å². The van der Waals surface area contributed by atoms with Crippen LogP contribution in [0.2, 0.25) is 0 Å². The molecule has 2 fully saturated rings. The Labute approximate surface area is 101 Å². The molecule has 2 unspecified atom stereocenters. The van der Waals surface area contributed by atoms with E-state index in [4.69, 9.17) is 0 Å². The van der Waals surface area contributed by atoms with Crippen LogP contribution in [-0.2, 0) is 0 Å². The normalized spacial score (nSPS) is 31.5. The molecule has 1 aliphatic carbocycles. The third-order valence-electron chi connectivity index (χ3n) is 4.69. The van der Waals surface area contributed by atoms with Crippen LogP contribution in [-0.4, -0.2) is 36.6 Å². The molecule has 0 aromatic carbocycles. The van der Waals surface area contributed by atoms with Crippen LogP contribution in [0.4, 0.5) is 0 Å². The van der Waals surface area contributed by atoms with E-state index in [0.717, 1.165) is 18.0 Å². The van der Waals surface area contributed by atoms with Gasteiger partial charge in [0.2, 0.25) is 0 Å². The maximum atomic E-state index is 3.61. The van der Waals surface area contributed by atoms with Crippen molar-refractivity contribution in [2.24, 2.45) is 5.92 Å². The third-order valence-corrected chi connectivity index (χ3v) is 4.69. The monoisotopic (exact) mass is 224 g/mol. The van der Waals surface area contributed by atoms with Crippen LogP contribution >= 0.6 is 0 Å². The summed E-state index contributed by atoms with van der Waals surface area (Å²) in [5.74, 6) is 0.976. The van der Waals surface area contributed by atoms with Crippen molar-refractivity contribution in [2.45, 2.75) is 64.5 Å². The lowest BCUT2D eigenvalue weighted by molar-refractivity contribution is 0.0957.